The zero-order valence-corrected chi connectivity index (χ0v) is 12.4. The summed E-state index contributed by atoms with van der Waals surface area (Å²) in [5.74, 6) is 1.00. The molecule has 0 amide bonds. The number of rotatable bonds is 7. The van der Waals surface area contributed by atoms with Crippen molar-refractivity contribution in [2.24, 2.45) is 5.92 Å². The average Bonchev–Trinajstić information content (AvgIpc) is 2.83. The fraction of sp³-hybridized carbons (Fsp3) is 0.812. The minimum Gasteiger partial charge on any atom is -0.337 e. The van der Waals surface area contributed by atoms with Crippen LogP contribution in [0.4, 0.5) is 0 Å². The predicted octanol–water partition coefficient (Wildman–Crippen LogP) is 3.61. The first-order valence-electron chi connectivity index (χ1n) is 8.07. The molecule has 1 aromatic rings. The molecule has 1 N–H and O–H groups in total. The molecule has 0 radical (unpaired) electrons. The molecule has 0 aliphatic heterocycles. The maximum absolute atomic E-state index is 4.07. The highest BCUT2D eigenvalue weighted by Crippen LogP contribution is 2.26. The van der Waals surface area contributed by atoms with Crippen molar-refractivity contribution in [2.45, 2.75) is 70.9 Å². The second kappa shape index (κ2) is 8.36. The Morgan fingerprint density at radius 2 is 2.21 bits per heavy atom. The molecule has 0 spiro atoms. The van der Waals surface area contributed by atoms with Gasteiger partial charge in [-0.2, -0.15) is 0 Å². The van der Waals surface area contributed by atoms with Gasteiger partial charge in [0.1, 0.15) is 0 Å². The molecule has 108 valence electrons. The summed E-state index contributed by atoms with van der Waals surface area (Å²) in [4.78, 5) is 4.07. The number of nitrogens with one attached hydrogen (secondary N) is 1. The van der Waals surface area contributed by atoms with Crippen LogP contribution < -0.4 is 5.32 Å². The lowest BCUT2D eigenvalue weighted by atomic mass is 9.95. The van der Waals surface area contributed by atoms with E-state index < -0.39 is 0 Å². The summed E-state index contributed by atoms with van der Waals surface area (Å²) in [6.45, 7) is 4.54. The zero-order valence-electron chi connectivity index (χ0n) is 12.4. The predicted molar refractivity (Wildman–Crippen MR) is 80.1 cm³/mol. The van der Waals surface area contributed by atoms with E-state index in [4.69, 9.17) is 0 Å². The largest absolute Gasteiger partial charge is 0.337 e. The molecule has 0 saturated heterocycles. The van der Waals surface area contributed by atoms with E-state index in [0.717, 1.165) is 25.0 Å². The Morgan fingerprint density at radius 3 is 3.00 bits per heavy atom. The number of hydrogen-bond acceptors (Lipinski definition) is 2. The highest BCUT2D eigenvalue weighted by molar-refractivity contribution is 4.76. The summed E-state index contributed by atoms with van der Waals surface area (Å²) in [6.07, 6.45) is 16.9. The maximum Gasteiger partial charge on any atom is 0.0945 e. The summed E-state index contributed by atoms with van der Waals surface area (Å²) < 4.78 is 2.16. The Kier molecular flexibility index (Phi) is 6.42. The van der Waals surface area contributed by atoms with E-state index in [1.54, 1.807) is 0 Å². The topological polar surface area (TPSA) is 29.9 Å². The van der Waals surface area contributed by atoms with Crippen LogP contribution >= 0.6 is 0 Å². The Hall–Kier alpha value is -0.830. The lowest BCUT2D eigenvalue weighted by molar-refractivity contribution is 0.407. The molecule has 2 atom stereocenters. The van der Waals surface area contributed by atoms with Crippen LogP contribution in [0, 0.1) is 5.92 Å². The molecule has 19 heavy (non-hydrogen) atoms. The summed E-state index contributed by atoms with van der Waals surface area (Å²) in [5, 5.41) is 3.75. The highest BCUT2D eigenvalue weighted by Gasteiger charge is 2.17. The highest BCUT2D eigenvalue weighted by atomic mass is 15.0. The monoisotopic (exact) mass is 263 g/mol. The third-order valence-electron chi connectivity index (χ3n) is 4.37. The molecule has 0 aromatic carbocycles. The quantitative estimate of drug-likeness (QED) is 0.601. The van der Waals surface area contributed by atoms with Gasteiger partial charge in [-0.25, -0.2) is 4.98 Å². The van der Waals surface area contributed by atoms with Crippen LogP contribution in [0.2, 0.25) is 0 Å². The molecular weight excluding hydrogens is 234 g/mol. The molecule has 2 rings (SSSR count). The Morgan fingerprint density at radius 1 is 1.26 bits per heavy atom. The van der Waals surface area contributed by atoms with Crippen molar-refractivity contribution >= 4 is 0 Å². The van der Waals surface area contributed by atoms with Gasteiger partial charge in [-0.15, -0.1) is 0 Å². The van der Waals surface area contributed by atoms with E-state index in [1.807, 2.05) is 18.7 Å². The molecule has 3 nitrogen and oxygen atoms in total. The second-order valence-electron chi connectivity index (χ2n) is 5.97. The molecule has 1 heterocycles. The van der Waals surface area contributed by atoms with E-state index in [1.165, 1.54) is 51.4 Å². The van der Waals surface area contributed by atoms with Crippen LogP contribution in [0.3, 0.4) is 0 Å². The third kappa shape index (κ3) is 5.35. The fourth-order valence-electron chi connectivity index (χ4n) is 3.27. The van der Waals surface area contributed by atoms with Crippen molar-refractivity contribution in [1.29, 1.82) is 0 Å². The van der Waals surface area contributed by atoms with Crippen LogP contribution in [-0.2, 0) is 6.54 Å². The molecule has 3 heteroatoms. The van der Waals surface area contributed by atoms with Crippen LogP contribution in [0.15, 0.2) is 18.7 Å². The number of imidazole rings is 1. The van der Waals surface area contributed by atoms with Crippen LogP contribution in [-0.4, -0.2) is 22.1 Å². The molecule has 1 fully saturated rings. The maximum atomic E-state index is 4.07. The summed E-state index contributed by atoms with van der Waals surface area (Å²) in [6, 6.07) is 0.768. The standard InChI is InChI=1S/C16H29N3/c1-2-5-15-6-3-7-16(9-8-15)18-10-4-12-19-13-11-17-14-19/h11,13-16,18H,2-10,12H2,1H3. The van der Waals surface area contributed by atoms with Crippen LogP contribution in [0.1, 0.15) is 58.3 Å². The summed E-state index contributed by atoms with van der Waals surface area (Å²) in [7, 11) is 0. The third-order valence-corrected chi connectivity index (χ3v) is 4.37. The first-order chi connectivity index (χ1) is 9.38. The minimum absolute atomic E-state index is 0.768. The molecule has 1 saturated carbocycles. The Balaban J connectivity index is 1.58. The zero-order chi connectivity index (χ0) is 13.3. The van der Waals surface area contributed by atoms with Gasteiger partial charge in [-0.1, -0.05) is 32.6 Å². The molecule has 0 bridgehead atoms. The van der Waals surface area contributed by atoms with Gasteiger partial charge in [0.05, 0.1) is 6.33 Å². The lowest BCUT2D eigenvalue weighted by Crippen LogP contribution is -2.29. The number of nitrogens with zero attached hydrogens (tertiary/aromatic N) is 2. The van der Waals surface area contributed by atoms with E-state index in [0.29, 0.717) is 0 Å². The molecule has 1 aliphatic rings. The van der Waals surface area contributed by atoms with Crippen molar-refractivity contribution in [3.63, 3.8) is 0 Å². The second-order valence-corrected chi connectivity index (χ2v) is 5.97. The van der Waals surface area contributed by atoms with Crippen LogP contribution in [0.25, 0.3) is 0 Å². The van der Waals surface area contributed by atoms with Crippen molar-refractivity contribution < 1.29 is 0 Å². The number of hydrogen-bond donors (Lipinski definition) is 1. The summed E-state index contributed by atoms with van der Waals surface area (Å²) >= 11 is 0. The normalized spacial score (nSPS) is 24.3. The smallest absolute Gasteiger partial charge is 0.0945 e. The van der Waals surface area contributed by atoms with Crippen molar-refractivity contribution in [3.05, 3.63) is 18.7 Å². The first-order valence-corrected chi connectivity index (χ1v) is 8.07. The van der Waals surface area contributed by atoms with E-state index >= 15 is 0 Å². The molecule has 1 aromatic heterocycles. The van der Waals surface area contributed by atoms with Gasteiger partial charge >= 0.3 is 0 Å². The van der Waals surface area contributed by atoms with Crippen molar-refractivity contribution in [1.82, 2.24) is 14.9 Å². The van der Waals surface area contributed by atoms with Gasteiger partial charge in [0, 0.05) is 25.0 Å². The van der Waals surface area contributed by atoms with Gasteiger partial charge < -0.3 is 9.88 Å². The molecule has 1 aliphatic carbocycles. The Bertz CT molecular complexity index is 321. The average molecular weight is 263 g/mol. The van der Waals surface area contributed by atoms with Gasteiger partial charge in [0.15, 0.2) is 0 Å². The van der Waals surface area contributed by atoms with Crippen molar-refractivity contribution in [2.75, 3.05) is 6.54 Å². The lowest BCUT2D eigenvalue weighted by Gasteiger charge is -2.16. The SMILES string of the molecule is CCCC1CCCC(NCCCn2ccnc2)CC1. The molecule has 2 unspecified atom stereocenters. The fourth-order valence-corrected chi connectivity index (χ4v) is 3.27. The minimum atomic E-state index is 0.768. The van der Waals surface area contributed by atoms with Gasteiger partial charge in [0.25, 0.3) is 0 Å². The number of aryl methyl sites for hydroxylation is 1. The van der Waals surface area contributed by atoms with Gasteiger partial charge in [-0.05, 0) is 38.1 Å². The van der Waals surface area contributed by atoms with Crippen LogP contribution in [0.5, 0.6) is 0 Å². The van der Waals surface area contributed by atoms with E-state index in [2.05, 4.69) is 21.8 Å². The molecular formula is C16H29N3. The van der Waals surface area contributed by atoms with Gasteiger partial charge in [0.2, 0.25) is 0 Å². The van der Waals surface area contributed by atoms with Gasteiger partial charge in [-0.3, -0.25) is 0 Å². The summed E-state index contributed by atoms with van der Waals surface area (Å²) in [5.41, 5.74) is 0. The first kappa shape index (κ1) is 14.6. The number of aromatic nitrogens is 2. The Labute approximate surface area is 117 Å². The van der Waals surface area contributed by atoms with Crippen molar-refractivity contribution in [3.8, 4) is 0 Å². The van der Waals surface area contributed by atoms with E-state index in [-0.39, 0.29) is 0 Å². The van der Waals surface area contributed by atoms with E-state index in [9.17, 15) is 0 Å².